The Bertz CT molecular complexity index is 554. The fourth-order valence-electron chi connectivity index (χ4n) is 2.02. The smallest absolute Gasteiger partial charge is 0.410 e. The Kier molecular flexibility index (Phi) is 4.16. The van der Waals surface area contributed by atoms with E-state index in [1.807, 2.05) is 20.8 Å². The van der Waals surface area contributed by atoms with E-state index in [1.165, 1.54) is 0 Å². The Hall–Kier alpha value is -1.39. The molecular formula is C13H19N2O4P. The zero-order chi connectivity index (χ0) is 14.9. The summed E-state index contributed by atoms with van der Waals surface area (Å²) < 4.78 is 16.4. The van der Waals surface area contributed by atoms with Crippen LogP contribution in [0.5, 0.6) is 0 Å². The van der Waals surface area contributed by atoms with Gasteiger partial charge in [0.05, 0.1) is 6.54 Å². The van der Waals surface area contributed by atoms with Gasteiger partial charge in [0, 0.05) is 18.7 Å². The lowest BCUT2D eigenvalue weighted by Crippen LogP contribution is -2.40. The topological polar surface area (TPSA) is 79.7 Å². The average molecular weight is 298 g/mol. The fraction of sp³-hybridized carbons (Fsp3) is 0.538. The van der Waals surface area contributed by atoms with E-state index >= 15 is 0 Å². The van der Waals surface area contributed by atoms with E-state index in [0.717, 1.165) is 11.3 Å². The first-order valence-corrected chi connectivity index (χ1v) is 7.82. The van der Waals surface area contributed by atoms with Crippen LogP contribution >= 0.6 is 8.03 Å². The second kappa shape index (κ2) is 5.54. The summed E-state index contributed by atoms with van der Waals surface area (Å²) in [6.45, 7) is 6.41. The van der Waals surface area contributed by atoms with Crippen molar-refractivity contribution in [2.75, 3.05) is 6.54 Å². The second-order valence-corrected chi connectivity index (χ2v) is 6.88. The van der Waals surface area contributed by atoms with Gasteiger partial charge in [0.15, 0.2) is 0 Å². The van der Waals surface area contributed by atoms with E-state index in [9.17, 15) is 9.36 Å². The molecule has 0 saturated heterocycles. The van der Waals surface area contributed by atoms with Crippen molar-refractivity contribution in [3.63, 3.8) is 0 Å². The number of amides is 1. The third kappa shape index (κ3) is 3.58. The summed E-state index contributed by atoms with van der Waals surface area (Å²) in [7, 11) is -2.76. The average Bonchev–Trinajstić information content (AvgIpc) is 2.35. The van der Waals surface area contributed by atoms with Gasteiger partial charge in [-0.05, 0) is 32.4 Å². The molecule has 1 amide bonds. The van der Waals surface area contributed by atoms with E-state index < -0.39 is 13.6 Å². The Morgan fingerprint density at radius 2 is 2.15 bits per heavy atom. The molecule has 1 aromatic heterocycles. The SMILES string of the molecule is CC(C)(C)OC(=O)N1CCc2nc([PH](=O)O)ccc2C1. The van der Waals surface area contributed by atoms with Crippen LogP contribution in [0.2, 0.25) is 0 Å². The predicted molar refractivity (Wildman–Crippen MR) is 75.4 cm³/mol. The number of carbonyl (C=O) groups excluding carboxylic acids is 1. The number of nitrogens with zero attached hydrogens (tertiary/aromatic N) is 2. The van der Waals surface area contributed by atoms with Crippen molar-refractivity contribution in [3.8, 4) is 0 Å². The number of hydrogen-bond acceptors (Lipinski definition) is 4. The minimum atomic E-state index is -2.76. The lowest BCUT2D eigenvalue weighted by molar-refractivity contribution is 0.0223. The summed E-state index contributed by atoms with van der Waals surface area (Å²) in [5.41, 5.74) is 1.39. The van der Waals surface area contributed by atoms with Gasteiger partial charge in [0.1, 0.15) is 11.0 Å². The Balaban J connectivity index is 2.12. The van der Waals surface area contributed by atoms with Crippen molar-refractivity contribution < 1.29 is 19.0 Å². The predicted octanol–water partition coefficient (Wildman–Crippen LogP) is 1.47. The summed E-state index contributed by atoms with van der Waals surface area (Å²) in [6, 6.07) is 3.30. The highest BCUT2D eigenvalue weighted by atomic mass is 31.1. The largest absolute Gasteiger partial charge is 0.444 e. The number of pyridine rings is 1. The summed E-state index contributed by atoms with van der Waals surface area (Å²) in [5.74, 6) is 0. The Morgan fingerprint density at radius 1 is 1.45 bits per heavy atom. The molecule has 0 bridgehead atoms. The standard InChI is InChI=1S/C13H19N2O4P/c1-13(2,3)19-12(16)15-7-6-10-9(8-15)4-5-11(14-10)20(17)18/h4-5,20H,6-8H2,1-3H3,(H,17,18). The molecule has 1 atom stereocenters. The highest BCUT2D eigenvalue weighted by Gasteiger charge is 2.26. The molecule has 1 aliphatic rings. The van der Waals surface area contributed by atoms with Crippen LogP contribution in [-0.4, -0.2) is 33.0 Å². The Labute approximate surface area is 118 Å². The monoisotopic (exact) mass is 298 g/mol. The van der Waals surface area contributed by atoms with Gasteiger partial charge in [0.2, 0.25) is 8.03 Å². The van der Waals surface area contributed by atoms with Crippen molar-refractivity contribution >= 4 is 19.6 Å². The number of fused-ring (bicyclic) bond motifs is 1. The van der Waals surface area contributed by atoms with Gasteiger partial charge >= 0.3 is 6.09 Å². The molecule has 0 aromatic carbocycles. The first kappa shape index (κ1) is 15.0. The number of hydrogen-bond donors (Lipinski definition) is 1. The lowest BCUT2D eigenvalue weighted by Gasteiger charge is -2.30. The van der Waals surface area contributed by atoms with Crippen LogP contribution in [0.4, 0.5) is 4.79 Å². The van der Waals surface area contributed by atoms with E-state index in [2.05, 4.69) is 4.98 Å². The van der Waals surface area contributed by atoms with Gasteiger partial charge < -0.3 is 14.5 Å². The van der Waals surface area contributed by atoms with Gasteiger partial charge in [-0.3, -0.25) is 4.57 Å². The lowest BCUT2D eigenvalue weighted by atomic mass is 10.1. The third-order valence-electron chi connectivity index (χ3n) is 2.92. The first-order chi connectivity index (χ1) is 9.26. The van der Waals surface area contributed by atoms with E-state index in [4.69, 9.17) is 9.63 Å². The zero-order valence-electron chi connectivity index (χ0n) is 11.8. The molecule has 20 heavy (non-hydrogen) atoms. The van der Waals surface area contributed by atoms with Crippen LogP contribution in [0.15, 0.2) is 12.1 Å². The van der Waals surface area contributed by atoms with Gasteiger partial charge in [-0.2, -0.15) is 0 Å². The number of carbonyl (C=O) groups is 1. The molecule has 0 fully saturated rings. The van der Waals surface area contributed by atoms with Crippen molar-refractivity contribution in [1.82, 2.24) is 9.88 Å². The molecule has 1 unspecified atom stereocenters. The van der Waals surface area contributed by atoms with Crippen LogP contribution in [-0.2, 0) is 22.3 Å². The number of aromatic nitrogens is 1. The highest BCUT2D eigenvalue weighted by molar-refractivity contribution is 7.47. The van der Waals surface area contributed by atoms with Gasteiger partial charge in [-0.1, -0.05) is 6.07 Å². The molecular weight excluding hydrogens is 279 g/mol. The molecule has 7 heteroatoms. The molecule has 0 saturated carbocycles. The molecule has 1 aromatic rings. The van der Waals surface area contributed by atoms with E-state index in [1.54, 1.807) is 17.0 Å². The zero-order valence-corrected chi connectivity index (χ0v) is 12.8. The first-order valence-electron chi connectivity index (χ1n) is 6.46. The molecule has 2 heterocycles. The van der Waals surface area contributed by atoms with Crippen molar-refractivity contribution in [2.45, 2.75) is 39.3 Å². The summed E-state index contributed by atoms with van der Waals surface area (Å²) in [6.07, 6.45) is 0.223. The fourth-order valence-corrected chi connectivity index (χ4v) is 2.47. The van der Waals surface area contributed by atoms with Gasteiger partial charge in [-0.15, -0.1) is 0 Å². The van der Waals surface area contributed by atoms with Crippen LogP contribution in [0.25, 0.3) is 0 Å². The molecule has 0 aliphatic carbocycles. The van der Waals surface area contributed by atoms with Crippen LogP contribution in [0.3, 0.4) is 0 Å². The van der Waals surface area contributed by atoms with Gasteiger partial charge in [0.25, 0.3) is 0 Å². The molecule has 2 rings (SSSR count). The molecule has 0 radical (unpaired) electrons. The summed E-state index contributed by atoms with van der Waals surface area (Å²) in [5, 5.41) is 0. The number of ether oxygens (including phenoxy) is 1. The normalized spacial score (nSPS) is 16.5. The Morgan fingerprint density at radius 3 is 2.75 bits per heavy atom. The maximum absolute atomic E-state index is 12.0. The van der Waals surface area contributed by atoms with Crippen molar-refractivity contribution in [2.24, 2.45) is 0 Å². The van der Waals surface area contributed by atoms with Crippen LogP contribution < -0.4 is 5.44 Å². The molecule has 0 spiro atoms. The summed E-state index contributed by atoms with van der Waals surface area (Å²) >= 11 is 0. The maximum atomic E-state index is 12.0. The second-order valence-electron chi connectivity index (χ2n) is 5.76. The minimum absolute atomic E-state index is 0.222. The number of rotatable bonds is 1. The highest BCUT2D eigenvalue weighted by Crippen LogP contribution is 2.21. The van der Waals surface area contributed by atoms with Gasteiger partial charge in [-0.25, -0.2) is 9.78 Å². The molecule has 1 N–H and O–H groups in total. The van der Waals surface area contributed by atoms with Crippen molar-refractivity contribution in [1.29, 1.82) is 0 Å². The van der Waals surface area contributed by atoms with Crippen LogP contribution in [0.1, 0.15) is 32.0 Å². The molecule has 110 valence electrons. The molecule has 6 nitrogen and oxygen atoms in total. The van der Waals surface area contributed by atoms with E-state index in [-0.39, 0.29) is 11.5 Å². The van der Waals surface area contributed by atoms with E-state index in [0.29, 0.717) is 19.5 Å². The van der Waals surface area contributed by atoms with Crippen molar-refractivity contribution in [3.05, 3.63) is 23.4 Å². The quantitative estimate of drug-likeness (QED) is 0.794. The molecule has 1 aliphatic heterocycles. The third-order valence-corrected chi connectivity index (χ3v) is 3.64. The summed E-state index contributed by atoms with van der Waals surface area (Å²) in [4.78, 5) is 26.9. The maximum Gasteiger partial charge on any atom is 0.410 e. The van der Waals surface area contributed by atoms with Crippen LogP contribution in [0, 0.1) is 0 Å². The minimum Gasteiger partial charge on any atom is -0.444 e.